The van der Waals surface area contributed by atoms with Crippen LogP contribution in [0.4, 0.5) is 0 Å². The molecule has 5 heteroatoms. The summed E-state index contributed by atoms with van der Waals surface area (Å²) in [6.45, 7) is 4.42. The van der Waals surface area contributed by atoms with E-state index >= 15 is 0 Å². The molecule has 0 spiro atoms. The molecule has 1 aromatic carbocycles. The molecule has 1 rings (SSSR count). The van der Waals surface area contributed by atoms with Crippen LogP contribution in [-0.4, -0.2) is 38.1 Å². The lowest BCUT2D eigenvalue weighted by Crippen LogP contribution is -2.35. The van der Waals surface area contributed by atoms with Crippen molar-refractivity contribution in [2.45, 2.75) is 20.0 Å². The third-order valence-corrected chi connectivity index (χ3v) is 3.07. The second-order valence-electron chi connectivity index (χ2n) is 4.33. The minimum absolute atomic E-state index is 0.0207. The van der Waals surface area contributed by atoms with Crippen LogP contribution in [0.1, 0.15) is 18.1 Å². The van der Waals surface area contributed by atoms with Gasteiger partial charge in [0.25, 0.3) is 0 Å². The minimum Gasteiger partial charge on any atom is -0.496 e. The van der Waals surface area contributed by atoms with E-state index in [2.05, 4.69) is 10.2 Å². The number of benzene rings is 1. The summed E-state index contributed by atoms with van der Waals surface area (Å²) in [5.74, 6) is 0.823. The molecule has 0 heterocycles. The SMILES string of the molecule is CCN(CC(=O)NC)Cc1ccc(CN)c(OC)c1. The van der Waals surface area contributed by atoms with Gasteiger partial charge in [-0.25, -0.2) is 0 Å². The second kappa shape index (κ2) is 7.76. The maximum Gasteiger partial charge on any atom is 0.233 e. The number of carbonyl (C=O) groups excluding carboxylic acids is 1. The van der Waals surface area contributed by atoms with E-state index in [1.54, 1.807) is 14.2 Å². The van der Waals surface area contributed by atoms with Gasteiger partial charge >= 0.3 is 0 Å². The lowest BCUT2D eigenvalue weighted by Gasteiger charge is -2.20. The molecule has 0 fully saturated rings. The summed E-state index contributed by atoms with van der Waals surface area (Å²) in [7, 11) is 3.29. The monoisotopic (exact) mass is 265 g/mol. The first-order valence-electron chi connectivity index (χ1n) is 6.43. The number of ether oxygens (including phenoxy) is 1. The van der Waals surface area contributed by atoms with E-state index in [0.717, 1.165) is 23.4 Å². The molecule has 0 saturated heterocycles. The number of hydrogen-bond acceptors (Lipinski definition) is 4. The van der Waals surface area contributed by atoms with E-state index < -0.39 is 0 Å². The highest BCUT2D eigenvalue weighted by molar-refractivity contribution is 5.77. The van der Waals surface area contributed by atoms with Crippen LogP contribution in [0.3, 0.4) is 0 Å². The molecule has 0 aliphatic heterocycles. The Balaban J connectivity index is 2.77. The summed E-state index contributed by atoms with van der Waals surface area (Å²) < 4.78 is 5.32. The predicted octanol–water partition coefficient (Wildman–Crippen LogP) is 0.722. The maximum atomic E-state index is 11.4. The van der Waals surface area contributed by atoms with E-state index in [1.807, 2.05) is 25.1 Å². The van der Waals surface area contributed by atoms with Gasteiger partial charge in [-0.15, -0.1) is 0 Å². The Morgan fingerprint density at radius 2 is 2.21 bits per heavy atom. The summed E-state index contributed by atoms with van der Waals surface area (Å²) in [5, 5.41) is 2.63. The van der Waals surface area contributed by atoms with E-state index in [-0.39, 0.29) is 5.91 Å². The Bertz CT molecular complexity index is 421. The first kappa shape index (κ1) is 15.5. The van der Waals surface area contributed by atoms with Gasteiger partial charge in [0.15, 0.2) is 0 Å². The molecule has 0 aromatic heterocycles. The molecule has 1 aromatic rings. The van der Waals surface area contributed by atoms with Crippen molar-refractivity contribution in [1.29, 1.82) is 0 Å². The van der Waals surface area contributed by atoms with Gasteiger partial charge in [-0.3, -0.25) is 9.69 Å². The maximum absolute atomic E-state index is 11.4. The van der Waals surface area contributed by atoms with Crippen molar-refractivity contribution in [1.82, 2.24) is 10.2 Å². The Morgan fingerprint density at radius 3 is 2.74 bits per heavy atom. The first-order chi connectivity index (χ1) is 9.14. The van der Waals surface area contributed by atoms with Crippen molar-refractivity contribution >= 4 is 5.91 Å². The summed E-state index contributed by atoms with van der Waals surface area (Å²) in [6, 6.07) is 5.98. The van der Waals surface area contributed by atoms with Crippen LogP contribution in [0, 0.1) is 0 Å². The van der Waals surface area contributed by atoms with Gasteiger partial charge in [-0.1, -0.05) is 19.1 Å². The highest BCUT2D eigenvalue weighted by atomic mass is 16.5. The van der Waals surface area contributed by atoms with E-state index in [9.17, 15) is 4.79 Å². The Morgan fingerprint density at radius 1 is 1.47 bits per heavy atom. The van der Waals surface area contributed by atoms with Crippen LogP contribution in [-0.2, 0) is 17.9 Å². The van der Waals surface area contributed by atoms with Crippen LogP contribution in [0.15, 0.2) is 18.2 Å². The van der Waals surface area contributed by atoms with Crippen molar-refractivity contribution in [3.8, 4) is 5.75 Å². The highest BCUT2D eigenvalue weighted by Crippen LogP contribution is 2.20. The summed E-state index contributed by atoms with van der Waals surface area (Å²) in [6.07, 6.45) is 0. The predicted molar refractivity (Wildman–Crippen MR) is 75.9 cm³/mol. The molecule has 106 valence electrons. The van der Waals surface area contributed by atoms with Crippen molar-refractivity contribution in [3.63, 3.8) is 0 Å². The van der Waals surface area contributed by atoms with Gasteiger partial charge in [0.05, 0.1) is 13.7 Å². The van der Waals surface area contributed by atoms with Crippen molar-refractivity contribution in [3.05, 3.63) is 29.3 Å². The number of rotatable bonds is 7. The highest BCUT2D eigenvalue weighted by Gasteiger charge is 2.10. The van der Waals surface area contributed by atoms with Crippen molar-refractivity contribution in [2.24, 2.45) is 5.73 Å². The molecule has 0 unspecified atom stereocenters. The van der Waals surface area contributed by atoms with Gasteiger partial charge in [0, 0.05) is 25.7 Å². The third-order valence-electron chi connectivity index (χ3n) is 3.07. The molecule has 5 nitrogen and oxygen atoms in total. The van der Waals surface area contributed by atoms with Gasteiger partial charge in [0.1, 0.15) is 5.75 Å². The molecule has 0 aliphatic rings. The molecular weight excluding hydrogens is 242 g/mol. The normalized spacial score (nSPS) is 10.6. The zero-order valence-corrected chi connectivity index (χ0v) is 11.9. The van der Waals surface area contributed by atoms with E-state index in [4.69, 9.17) is 10.5 Å². The van der Waals surface area contributed by atoms with Crippen LogP contribution >= 0.6 is 0 Å². The largest absolute Gasteiger partial charge is 0.496 e. The Kier molecular flexibility index (Phi) is 6.32. The number of nitrogens with one attached hydrogen (secondary N) is 1. The van der Waals surface area contributed by atoms with Gasteiger partial charge < -0.3 is 15.8 Å². The van der Waals surface area contributed by atoms with Crippen molar-refractivity contribution in [2.75, 3.05) is 27.2 Å². The smallest absolute Gasteiger partial charge is 0.233 e. The summed E-state index contributed by atoms with van der Waals surface area (Å²) in [4.78, 5) is 13.5. The summed E-state index contributed by atoms with van der Waals surface area (Å²) >= 11 is 0. The van der Waals surface area contributed by atoms with Crippen LogP contribution < -0.4 is 15.8 Å². The molecule has 0 radical (unpaired) electrons. The lowest BCUT2D eigenvalue weighted by molar-refractivity contribution is -0.121. The molecule has 0 saturated carbocycles. The molecule has 0 bridgehead atoms. The zero-order chi connectivity index (χ0) is 14.3. The average Bonchev–Trinajstić information content (AvgIpc) is 2.45. The fourth-order valence-electron chi connectivity index (χ4n) is 1.88. The molecule has 0 atom stereocenters. The number of amides is 1. The Labute approximate surface area is 114 Å². The van der Waals surface area contributed by atoms with Crippen LogP contribution in [0.5, 0.6) is 5.75 Å². The molecule has 3 N–H and O–H groups in total. The standard InChI is InChI=1S/C14H23N3O2/c1-4-17(10-14(18)16-2)9-11-5-6-12(8-15)13(7-11)19-3/h5-7H,4,8-10,15H2,1-3H3,(H,16,18). The molecule has 0 aliphatic carbocycles. The first-order valence-corrected chi connectivity index (χ1v) is 6.43. The van der Waals surface area contributed by atoms with Crippen molar-refractivity contribution < 1.29 is 9.53 Å². The van der Waals surface area contributed by atoms with Gasteiger partial charge in [-0.2, -0.15) is 0 Å². The number of nitrogens with zero attached hydrogens (tertiary/aromatic N) is 1. The number of hydrogen-bond donors (Lipinski definition) is 2. The minimum atomic E-state index is 0.0207. The number of likely N-dealkylation sites (N-methyl/N-ethyl adjacent to an activating group) is 2. The van der Waals surface area contributed by atoms with Gasteiger partial charge in [-0.05, 0) is 18.2 Å². The topological polar surface area (TPSA) is 67.6 Å². The summed E-state index contributed by atoms with van der Waals surface area (Å²) in [5.41, 5.74) is 7.74. The fourth-order valence-corrected chi connectivity index (χ4v) is 1.88. The fraction of sp³-hybridized carbons (Fsp3) is 0.500. The average molecular weight is 265 g/mol. The number of carbonyl (C=O) groups is 1. The third kappa shape index (κ3) is 4.54. The molecule has 1 amide bonds. The lowest BCUT2D eigenvalue weighted by atomic mass is 10.1. The number of nitrogens with two attached hydrogens (primary N) is 1. The molecular formula is C14H23N3O2. The van der Waals surface area contributed by atoms with E-state index in [0.29, 0.717) is 19.6 Å². The van der Waals surface area contributed by atoms with Gasteiger partial charge in [0.2, 0.25) is 5.91 Å². The second-order valence-corrected chi connectivity index (χ2v) is 4.33. The van der Waals surface area contributed by atoms with Crippen LogP contribution in [0.2, 0.25) is 0 Å². The Hall–Kier alpha value is -1.59. The number of methoxy groups -OCH3 is 1. The molecule has 19 heavy (non-hydrogen) atoms. The quantitative estimate of drug-likeness (QED) is 0.762. The van der Waals surface area contributed by atoms with Crippen LogP contribution in [0.25, 0.3) is 0 Å². The van der Waals surface area contributed by atoms with E-state index in [1.165, 1.54) is 0 Å². The zero-order valence-electron chi connectivity index (χ0n) is 11.9.